The lowest BCUT2D eigenvalue weighted by molar-refractivity contribution is 1.21. The third kappa shape index (κ3) is 2.47. The molecular weight excluding hydrogens is 216 g/mol. The van der Waals surface area contributed by atoms with E-state index in [-0.39, 0.29) is 0 Å². The van der Waals surface area contributed by atoms with Crippen molar-refractivity contribution in [2.24, 2.45) is 4.99 Å². The van der Waals surface area contributed by atoms with E-state index in [1.165, 1.54) is 23.3 Å². The molecule has 3 heteroatoms. The van der Waals surface area contributed by atoms with Crippen LogP contribution >= 0.6 is 11.3 Å². The van der Waals surface area contributed by atoms with Crippen LogP contribution < -0.4 is 0 Å². The summed E-state index contributed by atoms with van der Waals surface area (Å²) >= 11 is 1.65. The third-order valence-corrected chi connectivity index (χ3v) is 3.36. The Balaban J connectivity index is 2.34. The average Bonchev–Trinajstić information content (AvgIpc) is 2.94. The van der Waals surface area contributed by atoms with Crippen LogP contribution in [0.1, 0.15) is 38.0 Å². The van der Waals surface area contributed by atoms with Crippen LogP contribution in [0.4, 0.5) is 0 Å². The maximum atomic E-state index is 4.77. The van der Waals surface area contributed by atoms with Crippen molar-refractivity contribution in [3.8, 4) is 0 Å². The summed E-state index contributed by atoms with van der Waals surface area (Å²) in [7, 11) is 0. The largest absolute Gasteiger partial charge is 0.252 e. The number of hydrogen-bond donors (Lipinski definition) is 0. The Bertz CT molecular complexity index is 446. The highest BCUT2D eigenvalue weighted by Gasteiger charge is 2.18. The van der Waals surface area contributed by atoms with Crippen LogP contribution in [-0.4, -0.2) is 10.7 Å². The van der Waals surface area contributed by atoms with Gasteiger partial charge in [0, 0.05) is 6.20 Å². The fourth-order valence-corrected chi connectivity index (χ4v) is 2.26. The minimum Gasteiger partial charge on any atom is -0.252 e. The number of thiazole rings is 1. The lowest BCUT2D eigenvalue weighted by Crippen LogP contribution is -1.97. The molecule has 0 aromatic carbocycles. The third-order valence-electron chi connectivity index (χ3n) is 2.54. The van der Waals surface area contributed by atoms with Gasteiger partial charge in [-0.2, -0.15) is 0 Å². The van der Waals surface area contributed by atoms with Gasteiger partial charge in [0.1, 0.15) is 0 Å². The van der Waals surface area contributed by atoms with Gasteiger partial charge in [-0.25, -0.2) is 0 Å². The lowest BCUT2D eigenvalue weighted by atomic mass is 10.2. The zero-order valence-electron chi connectivity index (χ0n) is 9.79. The normalized spacial score (nSPS) is 15.1. The Hall–Kier alpha value is -1.22. The van der Waals surface area contributed by atoms with Crippen molar-refractivity contribution in [1.82, 2.24) is 4.98 Å². The van der Waals surface area contributed by atoms with Gasteiger partial charge in [-0.15, -0.1) is 11.3 Å². The van der Waals surface area contributed by atoms with E-state index in [0.717, 1.165) is 23.4 Å². The second kappa shape index (κ2) is 4.74. The van der Waals surface area contributed by atoms with E-state index in [1.807, 2.05) is 18.6 Å². The molecule has 16 heavy (non-hydrogen) atoms. The Morgan fingerprint density at radius 1 is 1.56 bits per heavy atom. The molecule has 0 radical (unpaired) electrons. The van der Waals surface area contributed by atoms with E-state index >= 15 is 0 Å². The summed E-state index contributed by atoms with van der Waals surface area (Å²) in [6, 6.07) is 0. The molecule has 2 nitrogen and oxygen atoms in total. The zero-order valence-corrected chi connectivity index (χ0v) is 10.6. The highest BCUT2D eigenvalue weighted by atomic mass is 32.1. The monoisotopic (exact) mass is 232 g/mol. The number of rotatable bonds is 4. The molecule has 1 aliphatic carbocycles. The van der Waals surface area contributed by atoms with Crippen molar-refractivity contribution in [3.63, 3.8) is 0 Å². The van der Waals surface area contributed by atoms with Gasteiger partial charge in [-0.3, -0.25) is 9.98 Å². The second-order valence-corrected chi connectivity index (χ2v) is 4.90. The van der Waals surface area contributed by atoms with Gasteiger partial charge in [0.2, 0.25) is 0 Å². The van der Waals surface area contributed by atoms with E-state index in [9.17, 15) is 0 Å². The number of aromatic nitrogens is 1. The zero-order chi connectivity index (χ0) is 11.5. The van der Waals surface area contributed by atoms with E-state index in [0.29, 0.717) is 0 Å². The first kappa shape index (κ1) is 11.3. The summed E-state index contributed by atoms with van der Waals surface area (Å²) in [5, 5.41) is 0. The Labute approximate surface area is 100 Å². The molecule has 0 unspecified atom stereocenters. The topological polar surface area (TPSA) is 25.2 Å². The van der Waals surface area contributed by atoms with Gasteiger partial charge in [-0.05, 0) is 37.3 Å². The summed E-state index contributed by atoms with van der Waals surface area (Å²) in [6.45, 7) is 8.17. The molecule has 1 aromatic rings. The van der Waals surface area contributed by atoms with E-state index in [2.05, 4.69) is 18.5 Å². The van der Waals surface area contributed by atoms with Crippen molar-refractivity contribution >= 4 is 17.0 Å². The SMILES string of the molecule is C=C(C)C(N=C(CC)c1cncs1)=C1CC1. The standard InChI is InChI=1S/C13H16N2S/c1-4-11(12-7-14-8-16-12)15-13(9(2)3)10-5-6-10/h7-8H,2,4-6H2,1,3H3. The van der Waals surface area contributed by atoms with Crippen LogP contribution in [0.5, 0.6) is 0 Å². The van der Waals surface area contributed by atoms with Crippen LogP contribution in [-0.2, 0) is 0 Å². The first-order valence-corrected chi connectivity index (χ1v) is 6.44. The van der Waals surface area contributed by atoms with Gasteiger partial charge in [-0.1, -0.05) is 13.5 Å². The highest BCUT2D eigenvalue weighted by Crippen LogP contribution is 2.35. The van der Waals surface area contributed by atoms with Crippen molar-refractivity contribution in [2.75, 3.05) is 0 Å². The maximum absolute atomic E-state index is 4.77. The molecule has 0 atom stereocenters. The molecule has 0 saturated heterocycles. The lowest BCUT2D eigenvalue weighted by Gasteiger charge is -2.04. The smallest absolute Gasteiger partial charge is 0.0798 e. The Morgan fingerprint density at radius 2 is 2.31 bits per heavy atom. The Kier molecular flexibility index (Phi) is 3.34. The van der Waals surface area contributed by atoms with E-state index in [1.54, 1.807) is 11.3 Å². The molecule has 84 valence electrons. The van der Waals surface area contributed by atoms with Crippen molar-refractivity contribution < 1.29 is 0 Å². The van der Waals surface area contributed by atoms with Gasteiger partial charge < -0.3 is 0 Å². The number of aliphatic imine (C=N–C) groups is 1. The fourth-order valence-electron chi connectivity index (χ4n) is 1.58. The van der Waals surface area contributed by atoms with Crippen molar-refractivity contribution in [1.29, 1.82) is 0 Å². The first-order valence-electron chi connectivity index (χ1n) is 5.56. The van der Waals surface area contributed by atoms with Gasteiger partial charge in [0.25, 0.3) is 0 Å². The molecule has 1 heterocycles. The molecule has 0 spiro atoms. The van der Waals surface area contributed by atoms with Crippen molar-refractivity contribution in [2.45, 2.75) is 33.1 Å². The molecule has 0 bridgehead atoms. The van der Waals surface area contributed by atoms with E-state index < -0.39 is 0 Å². The number of hydrogen-bond acceptors (Lipinski definition) is 3. The molecular formula is C13H16N2S. The molecule has 1 aromatic heterocycles. The fraction of sp³-hybridized carbons (Fsp3) is 0.385. The second-order valence-electron chi connectivity index (χ2n) is 4.01. The van der Waals surface area contributed by atoms with Gasteiger partial charge >= 0.3 is 0 Å². The number of allylic oxidation sites excluding steroid dienone is 2. The minimum atomic E-state index is 0.937. The highest BCUT2D eigenvalue weighted by molar-refractivity contribution is 7.11. The summed E-state index contributed by atoms with van der Waals surface area (Å²) in [5.41, 5.74) is 6.61. The van der Waals surface area contributed by atoms with Crippen molar-refractivity contribution in [3.05, 3.63) is 40.0 Å². The average molecular weight is 232 g/mol. The van der Waals surface area contributed by atoms with Crippen LogP contribution in [0.25, 0.3) is 0 Å². The molecule has 0 N–H and O–H groups in total. The summed E-state index contributed by atoms with van der Waals surface area (Å²) in [4.78, 5) is 10.0. The first-order chi connectivity index (χ1) is 7.72. The van der Waals surface area contributed by atoms with Crippen LogP contribution in [0.3, 0.4) is 0 Å². The predicted molar refractivity (Wildman–Crippen MR) is 70.0 cm³/mol. The van der Waals surface area contributed by atoms with Gasteiger partial charge in [0.05, 0.1) is 21.8 Å². The van der Waals surface area contributed by atoms with Crippen LogP contribution in [0, 0.1) is 0 Å². The van der Waals surface area contributed by atoms with E-state index in [4.69, 9.17) is 4.99 Å². The minimum absolute atomic E-state index is 0.937. The Morgan fingerprint density at radius 3 is 2.75 bits per heavy atom. The molecule has 0 amide bonds. The van der Waals surface area contributed by atoms with Gasteiger partial charge in [0.15, 0.2) is 0 Å². The van der Waals surface area contributed by atoms with Crippen LogP contribution in [0.2, 0.25) is 0 Å². The predicted octanol–water partition coefficient (Wildman–Crippen LogP) is 3.97. The van der Waals surface area contributed by atoms with Crippen LogP contribution in [0.15, 0.2) is 40.1 Å². The summed E-state index contributed by atoms with van der Waals surface area (Å²) in [6.07, 6.45) is 5.20. The molecule has 1 aliphatic rings. The number of nitrogens with zero attached hydrogens (tertiary/aromatic N) is 2. The molecule has 1 saturated carbocycles. The quantitative estimate of drug-likeness (QED) is 0.721. The molecule has 1 fully saturated rings. The maximum Gasteiger partial charge on any atom is 0.0798 e. The molecule has 0 aliphatic heterocycles. The summed E-state index contributed by atoms with van der Waals surface area (Å²) < 4.78 is 0. The molecule has 2 rings (SSSR count). The summed E-state index contributed by atoms with van der Waals surface area (Å²) in [5.74, 6) is 0.